The zero-order valence-corrected chi connectivity index (χ0v) is 5.41. The van der Waals surface area contributed by atoms with Crippen molar-refractivity contribution in [1.82, 2.24) is 0 Å². The van der Waals surface area contributed by atoms with E-state index in [1.54, 1.807) is 0 Å². The molecule has 0 saturated carbocycles. The van der Waals surface area contributed by atoms with E-state index in [0.29, 0.717) is 6.47 Å². The molecule has 0 bridgehead atoms. The molecule has 0 N–H and O–H groups in total. The summed E-state index contributed by atoms with van der Waals surface area (Å²) < 4.78 is 8.69. The number of rotatable bonds is 5. The van der Waals surface area contributed by atoms with Gasteiger partial charge in [0.1, 0.15) is 13.2 Å². The minimum Gasteiger partial charge on any atom is -0.464 e. The van der Waals surface area contributed by atoms with Crippen LogP contribution in [0, 0.1) is 0 Å². The highest BCUT2D eigenvalue weighted by Crippen LogP contribution is 1.78. The van der Waals surface area contributed by atoms with E-state index in [1.165, 1.54) is 0 Å². The molecule has 0 saturated heterocycles. The third kappa shape index (κ3) is 4.83. The van der Waals surface area contributed by atoms with E-state index < -0.39 is 5.97 Å². The number of hydrogen-bond donors (Lipinski definition) is 0. The lowest BCUT2D eigenvalue weighted by molar-refractivity contribution is -0.142. The van der Waals surface area contributed by atoms with Gasteiger partial charge in [0.15, 0.2) is 0 Å². The van der Waals surface area contributed by atoms with Crippen LogP contribution in [0.5, 0.6) is 0 Å². The molecule has 0 rings (SSSR count). The molecule has 10 heavy (non-hydrogen) atoms. The van der Waals surface area contributed by atoms with Crippen LogP contribution in [0.1, 0.15) is 1.43 Å². The van der Waals surface area contributed by atoms with Crippen LogP contribution < -0.4 is 0 Å². The van der Waals surface area contributed by atoms with Crippen molar-refractivity contribution in [3.8, 4) is 0 Å². The van der Waals surface area contributed by atoms with E-state index >= 15 is 0 Å². The van der Waals surface area contributed by atoms with E-state index in [9.17, 15) is 9.59 Å². The average Bonchev–Trinajstić information content (AvgIpc) is 1.98. The molecule has 56 valence electrons. The Bertz CT molecular complexity index is 135. The maximum absolute atomic E-state index is 10.3. The van der Waals surface area contributed by atoms with Gasteiger partial charge in [-0.05, 0) is 0 Å². The van der Waals surface area contributed by atoms with Crippen molar-refractivity contribution in [2.45, 2.75) is 0 Å². The number of hydrogen-bond acceptors (Lipinski definition) is 4. The molecular weight excluding hydrogens is 136 g/mol. The second-order valence-corrected chi connectivity index (χ2v) is 1.34. The van der Waals surface area contributed by atoms with Crippen LogP contribution in [-0.2, 0) is 19.1 Å². The second-order valence-electron chi connectivity index (χ2n) is 1.34. The standard InChI is InChI=1S/C6H8O4/c1-2-6(8)10-4-3-9-5-7/h2,5H,1,3-4H2/p+1. The lowest BCUT2D eigenvalue weighted by atomic mass is 10.6. The molecular formula is C6H9O4+. The van der Waals surface area contributed by atoms with Gasteiger partial charge in [-0.3, -0.25) is 4.79 Å². The Kier molecular flexibility index (Phi) is 5.04. The molecule has 0 aliphatic carbocycles. The van der Waals surface area contributed by atoms with Gasteiger partial charge >= 0.3 is 7.40 Å². The zero-order valence-electron chi connectivity index (χ0n) is 6.41. The molecule has 0 aromatic carbocycles. The van der Waals surface area contributed by atoms with Crippen molar-refractivity contribution in [3.05, 3.63) is 12.7 Å². The zero-order chi connectivity index (χ0) is 7.82. The van der Waals surface area contributed by atoms with Crippen molar-refractivity contribution < 1.29 is 20.5 Å². The van der Waals surface area contributed by atoms with E-state index in [-0.39, 0.29) is 14.6 Å². The monoisotopic (exact) mass is 145 g/mol. The summed E-state index contributed by atoms with van der Waals surface area (Å²) in [5.74, 6) is -0.519. The summed E-state index contributed by atoms with van der Waals surface area (Å²) in [4.78, 5) is 19.8. The third-order valence-corrected chi connectivity index (χ3v) is 0.680. The minimum atomic E-state index is -0.519. The Morgan fingerprint density at radius 2 is 2.30 bits per heavy atom. The Morgan fingerprint density at radius 3 is 2.80 bits per heavy atom. The average molecular weight is 145 g/mol. The van der Waals surface area contributed by atoms with Crippen molar-refractivity contribution in [3.63, 3.8) is 0 Å². The molecule has 0 aliphatic rings. The molecule has 0 heterocycles. The fraction of sp³-hybridized carbons (Fsp3) is 0.333. The normalized spacial score (nSPS) is 8.00. The summed E-state index contributed by atoms with van der Waals surface area (Å²) >= 11 is 0. The van der Waals surface area contributed by atoms with Gasteiger partial charge < -0.3 is 9.47 Å². The molecule has 0 aliphatic heterocycles. The van der Waals surface area contributed by atoms with Crippen molar-refractivity contribution in [2.75, 3.05) is 13.2 Å². The first kappa shape index (κ1) is 8.68. The summed E-state index contributed by atoms with van der Waals surface area (Å²) in [6.45, 7) is 3.63. The van der Waals surface area contributed by atoms with E-state index in [0.717, 1.165) is 6.08 Å². The molecule has 4 heteroatoms. The highest BCUT2D eigenvalue weighted by atomic mass is 16.6. The largest absolute Gasteiger partial charge is 1.00 e. The highest BCUT2D eigenvalue weighted by Gasteiger charge is 1.92. The van der Waals surface area contributed by atoms with Gasteiger partial charge in [-0.25, -0.2) is 4.79 Å². The van der Waals surface area contributed by atoms with Gasteiger partial charge in [0.2, 0.25) is 0 Å². The first-order valence-electron chi connectivity index (χ1n) is 2.65. The predicted octanol–water partition coefficient (Wildman–Crippen LogP) is 0.00110. The highest BCUT2D eigenvalue weighted by molar-refractivity contribution is 5.81. The Hall–Kier alpha value is -1.32. The summed E-state index contributed by atoms with van der Waals surface area (Å²) in [6, 6.07) is 0. The van der Waals surface area contributed by atoms with Gasteiger partial charge in [0.25, 0.3) is 6.47 Å². The van der Waals surface area contributed by atoms with Crippen LogP contribution in [-0.4, -0.2) is 25.7 Å². The van der Waals surface area contributed by atoms with Gasteiger partial charge in [0, 0.05) is 6.08 Å². The van der Waals surface area contributed by atoms with Crippen molar-refractivity contribution >= 4 is 12.4 Å². The van der Waals surface area contributed by atoms with Crippen LogP contribution in [0.15, 0.2) is 12.7 Å². The Morgan fingerprint density at radius 1 is 1.60 bits per heavy atom. The van der Waals surface area contributed by atoms with Crippen LogP contribution in [0.25, 0.3) is 0 Å². The van der Waals surface area contributed by atoms with Crippen LogP contribution in [0.2, 0.25) is 0 Å². The first-order chi connectivity index (χ1) is 4.81. The fourth-order valence-electron chi connectivity index (χ4n) is 0.297. The molecule has 0 unspecified atom stereocenters. The fourth-order valence-corrected chi connectivity index (χ4v) is 0.297. The minimum absolute atomic E-state index is 0. The summed E-state index contributed by atoms with van der Waals surface area (Å²) in [5, 5.41) is 0. The van der Waals surface area contributed by atoms with E-state index in [1.807, 2.05) is 0 Å². The smallest absolute Gasteiger partial charge is 0.464 e. The number of ether oxygens (including phenoxy) is 2. The molecule has 0 amide bonds. The number of carbonyl (C=O) groups is 2. The van der Waals surface area contributed by atoms with Gasteiger partial charge in [-0.15, -0.1) is 0 Å². The lowest BCUT2D eigenvalue weighted by Gasteiger charge is -1.98. The van der Waals surface area contributed by atoms with Crippen LogP contribution >= 0.6 is 0 Å². The molecule has 0 radical (unpaired) electrons. The molecule has 0 aromatic rings. The Labute approximate surface area is 59.9 Å². The molecule has 0 fully saturated rings. The Balaban J connectivity index is 0. The molecule has 0 atom stereocenters. The topological polar surface area (TPSA) is 52.6 Å². The molecule has 0 aromatic heterocycles. The van der Waals surface area contributed by atoms with Gasteiger partial charge in [0.05, 0.1) is 0 Å². The second kappa shape index (κ2) is 5.81. The predicted molar refractivity (Wildman–Crippen MR) is 34.3 cm³/mol. The van der Waals surface area contributed by atoms with Crippen molar-refractivity contribution in [2.24, 2.45) is 0 Å². The summed E-state index contributed by atoms with van der Waals surface area (Å²) in [6.07, 6.45) is 1.04. The van der Waals surface area contributed by atoms with Crippen LogP contribution in [0.4, 0.5) is 0 Å². The van der Waals surface area contributed by atoms with Gasteiger partial charge in [-0.2, -0.15) is 0 Å². The lowest BCUT2D eigenvalue weighted by Crippen LogP contribution is -2.07. The van der Waals surface area contributed by atoms with Gasteiger partial charge in [-0.1, -0.05) is 6.58 Å². The number of esters is 1. The first-order valence-corrected chi connectivity index (χ1v) is 2.65. The summed E-state index contributed by atoms with van der Waals surface area (Å²) in [7, 11) is 0. The summed E-state index contributed by atoms with van der Waals surface area (Å²) in [5.41, 5.74) is 0. The maximum atomic E-state index is 10.3. The quantitative estimate of drug-likeness (QED) is 0.236. The van der Waals surface area contributed by atoms with Crippen molar-refractivity contribution in [1.29, 1.82) is 0 Å². The van der Waals surface area contributed by atoms with Crippen LogP contribution in [0.3, 0.4) is 0 Å². The molecule has 4 nitrogen and oxygen atoms in total. The maximum Gasteiger partial charge on any atom is 1.00 e. The third-order valence-electron chi connectivity index (χ3n) is 0.680. The van der Waals surface area contributed by atoms with E-state index in [2.05, 4.69) is 16.1 Å². The molecule has 0 spiro atoms. The number of carbonyl (C=O) groups excluding carboxylic acids is 2. The SMILES string of the molecule is C=CC(=O)OCCOC=O.[H+]. The van der Waals surface area contributed by atoms with E-state index in [4.69, 9.17) is 0 Å².